The van der Waals surface area contributed by atoms with Gasteiger partial charge in [0.2, 0.25) is 5.89 Å². The van der Waals surface area contributed by atoms with Gasteiger partial charge in [0.05, 0.1) is 43.6 Å². The van der Waals surface area contributed by atoms with Crippen LogP contribution in [0.5, 0.6) is 11.5 Å². The molecule has 2 aliphatic rings. The Morgan fingerprint density at radius 3 is 2.51 bits per heavy atom. The number of sulfonamides is 1. The number of aromatic nitrogens is 1. The molecule has 0 N–H and O–H groups in total. The fourth-order valence-corrected chi connectivity index (χ4v) is 8.35. The normalized spacial score (nSPS) is 19.8. The number of hydrogen-bond acceptors (Lipinski definition) is 10. The Bertz CT molecular complexity index is 1850. The van der Waals surface area contributed by atoms with Crippen LogP contribution >= 0.6 is 11.6 Å². The van der Waals surface area contributed by atoms with Crippen LogP contribution in [0.2, 0.25) is 5.02 Å². The average molecular weight is 681 g/mol. The van der Waals surface area contributed by atoms with Gasteiger partial charge in [-0.05, 0) is 74.0 Å². The maximum Gasteiger partial charge on any atom is 0.271 e. The predicted molar refractivity (Wildman–Crippen MR) is 176 cm³/mol. The molecule has 3 heterocycles. The Labute approximate surface area is 279 Å². The highest BCUT2D eigenvalue weighted by atomic mass is 35.5. The number of ether oxygens (including phenoxy) is 3. The van der Waals surface area contributed by atoms with Crippen LogP contribution in [0.3, 0.4) is 0 Å². The summed E-state index contributed by atoms with van der Waals surface area (Å²) in [6, 6.07) is 16.2. The predicted octanol–water partition coefficient (Wildman–Crippen LogP) is 5.24. The van der Waals surface area contributed by atoms with Crippen molar-refractivity contribution in [2.45, 2.75) is 35.9 Å². The molecule has 1 amide bonds. The molecular formula is C34H37ClN4O7S. The van der Waals surface area contributed by atoms with E-state index < -0.39 is 27.5 Å². The summed E-state index contributed by atoms with van der Waals surface area (Å²) in [5.74, 6) is 0.685. The molecule has 0 radical (unpaired) electrons. The zero-order chi connectivity index (χ0) is 33.3. The number of hydrogen-bond donors (Lipinski definition) is 0. The van der Waals surface area contributed by atoms with E-state index >= 15 is 4.79 Å². The topological polar surface area (TPSA) is 115 Å². The number of fused-ring (bicyclic) bond motifs is 1. The Hall–Kier alpha value is -3.94. The van der Waals surface area contributed by atoms with Gasteiger partial charge in [-0.15, -0.1) is 0 Å². The summed E-state index contributed by atoms with van der Waals surface area (Å²) in [7, 11) is 2.24. The summed E-state index contributed by atoms with van der Waals surface area (Å²) in [6.07, 6.45) is 4.43. The molecule has 0 saturated carbocycles. The van der Waals surface area contributed by atoms with Crippen LogP contribution in [-0.4, -0.2) is 77.2 Å². The summed E-state index contributed by atoms with van der Waals surface area (Å²) in [5, 5.41) is 0.286. The maximum absolute atomic E-state index is 15.5. The smallest absolute Gasteiger partial charge is 0.271 e. The first-order chi connectivity index (χ1) is 22.7. The summed E-state index contributed by atoms with van der Waals surface area (Å²) >= 11 is 6.54. The first-order valence-electron chi connectivity index (χ1n) is 15.2. The van der Waals surface area contributed by atoms with Gasteiger partial charge in [0.1, 0.15) is 17.8 Å². The highest BCUT2D eigenvalue weighted by Crippen LogP contribution is 2.56. The van der Waals surface area contributed by atoms with Crippen molar-refractivity contribution < 1.29 is 31.8 Å². The van der Waals surface area contributed by atoms with E-state index in [0.29, 0.717) is 61.2 Å². The van der Waals surface area contributed by atoms with E-state index in [1.165, 1.54) is 31.6 Å². The molecule has 0 bridgehead atoms. The second kappa shape index (κ2) is 13.3. The van der Waals surface area contributed by atoms with Crippen LogP contribution in [0.1, 0.15) is 41.5 Å². The molecule has 3 aromatic carbocycles. The number of benzene rings is 3. The second-order valence-electron chi connectivity index (χ2n) is 11.6. The number of oxazole rings is 1. The molecule has 1 unspecified atom stereocenters. The van der Waals surface area contributed by atoms with Gasteiger partial charge < -0.3 is 18.6 Å². The standard InChI is InChI=1S/C34H37ClN4O7S/c1-37(17-19-43-2)22-23-7-14-31(45-4)28(20-23)34(38-16-5-6-29(38)32-36-15-18-46-32)27-13-8-24(35)21-30(27)39(33(34)40)47(41,42)26-11-9-25(44-3)10-12-26/h7-15,18,20-21,29H,5-6,16-17,19,22H2,1-4H3/t29-,34?/m0/s1. The molecule has 0 spiro atoms. The number of likely N-dealkylation sites (tertiary alicyclic amines) is 1. The average Bonchev–Trinajstić information content (AvgIpc) is 3.82. The molecule has 13 heteroatoms. The lowest BCUT2D eigenvalue weighted by molar-refractivity contribution is -0.127. The number of carbonyl (C=O) groups excluding carboxylic acids is 1. The van der Waals surface area contributed by atoms with Gasteiger partial charge in [-0.3, -0.25) is 14.6 Å². The lowest BCUT2D eigenvalue weighted by Crippen LogP contribution is -2.54. The zero-order valence-electron chi connectivity index (χ0n) is 26.7. The van der Waals surface area contributed by atoms with E-state index in [0.717, 1.165) is 16.3 Å². The monoisotopic (exact) mass is 680 g/mol. The number of likely N-dealkylation sites (N-methyl/N-ethyl adjacent to an activating group) is 1. The summed E-state index contributed by atoms with van der Waals surface area (Å²) < 4.78 is 52.3. The van der Waals surface area contributed by atoms with Gasteiger partial charge in [-0.2, -0.15) is 0 Å². The van der Waals surface area contributed by atoms with E-state index in [9.17, 15) is 8.42 Å². The fourth-order valence-electron chi connectivity index (χ4n) is 6.73. The molecule has 1 fully saturated rings. The molecular weight excluding hydrogens is 644 g/mol. The first-order valence-corrected chi connectivity index (χ1v) is 17.0. The van der Waals surface area contributed by atoms with Crippen molar-refractivity contribution in [1.29, 1.82) is 0 Å². The molecule has 2 aliphatic heterocycles. The molecule has 2 atom stereocenters. The molecule has 11 nitrogen and oxygen atoms in total. The molecule has 6 rings (SSSR count). The van der Waals surface area contributed by atoms with Crippen molar-refractivity contribution in [3.8, 4) is 11.5 Å². The minimum Gasteiger partial charge on any atom is -0.497 e. The molecule has 1 saturated heterocycles. The molecule has 1 aromatic heterocycles. The van der Waals surface area contributed by atoms with E-state index in [-0.39, 0.29) is 15.6 Å². The van der Waals surface area contributed by atoms with Gasteiger partial charge >= 0.3 is 0 Å². The molecule has 4 aromatic rings. The minimum absolute atomic E-state index is 0.0699. The van der Waals surface area contributed by atoms with E-state index in [1.54, 1.807) is 44.7 Å². The number of nitrogens with zero attached hydrogens (tertiary/aromatic N) is 4. The highest BCUT2D eigenvalue weighted by Gasteiger charge is 2.62. The van der Waals surface area contributed by atoms with Gasteiger partial charge in [-0.25, -0.2) is 17.7 Å². The minimum atomic E-state index is -4.44. The van der Waals surface area contributed by atoms with Crippen molar-refractivity contribution in [3.63, 3.8) is 0 Å². The van der Waals surface area contributed by atoms with E-state index in [4.69, 9.17) is 30.2 Å². The first kappa shape index (κ1) is 33.0. The summed E-state index contributed by atoms with van der Waals surface area (Å²) in [4.78, 5) is 24.0. The summed E-state index contributed by atoms with van der Waals surface area (Å²) in [6.45, 7) is 2.25. The number of carbonyl (C=O) groups is 1. The van der Waals surface area contributed by atoms with Gasteiger partial charge in [0, 0.05) is 42.9 Å². The molecule has 248 valence electrons. The van der Waals surface area contributed by atoms with Crippen LogP contribution < -0.4 is 13.8 Å². The second-order valence-corrected chi connectivity index (χ2v) is 13.8. The Balaban J connectivity index is 1.62. The van der Waals surface area contributed by atoms with Crippen LogP contribution in [0.25, 0.3) is 0 Å². The van der Waals surface area contributed by atoms with E-state index in [2.05, 4.69) is 9.88 Å². The number of anilines is 1. The third kappa shape index (κ3) is 5.67. The quantitative estimate of drug-likeness (QED) is 0.197. The lowest BCUT2D eigenvalue weighted by Gasteiger charge is -2.41. The van der Waals surface area contributed by atoms with E-state index in [1.807, 2.05) is 30.1 Å². The van der Waals surface area contributed by atoms with Crippen LogP contribution in [-0.2, 0) is 31.6 Å². The zero-order valence-corrected chi connectivity index (χ0v) is 28.3. The van der Waals surface area contributed by atoms with Gasteiger partial charge in [-0.1, -0.05) is 23.7 Å². The highest BCUT2D eigenvalue weighted by molar-refractivity contribution is 7.93. The van der Waals surface area contributed by atoms with Crippen molar-refractivity contribution in [2.24, 2.45) is 0 Å². The van der Waals surface area contributed by atoms with Gasteiger partial charge in [0.15, 0.2) is 5.54 Å². The Morgan fingerprint density at radius 2 is 1.83 bits per heavy atom. The third-order valence-corrected chi connectivity index (χ3v) is 10.8. The fraction of sp³-hybridized carbons (Fsp3) is 0.353. The van der Waals surface area contributed by atoms with Crippen molar-refractivity contribution in [1.82, 2.24) is 14.8 Å². The van der Waals surface area contributed by atoms with Crippen molar-refractivity contribution >= 4 is 33.2 Å². The lowest BCUT2D eigenvalue weighted by atomic mass is 9.80. The maximum atomic E-state index is 15.5. The summed E-state index contributed by atoms with van der Waals surface area (Å²) in [5.41, 5.74) is 0.399. The Kier molecular flexibility index (Phi) is 9.32. The third-order valence-electron chi connectivity index (χ3n) is 8.86. The number of methoxy groups -OCH3 is 3. The number of amides is 1. The Morgan fingerprint density at radius 1 is 1.04 bits per heavy atom. The van der Waals surface area contributed by atoms with Crippen molar-refractivity contribution in [2.75, 3.05) is 52.4 Å². The van der Waals surface area contributed by atoms with Crippen LogP contribution in [0, 0.1) is 0 Å². The van der Waals surface area contributed by atoms with Crippen LogP contribution in [0.15, 0.2) is 82.4 Å². The van der Waals surface area contributed by atoms with Gasteiger partial charge in [0.25, 0.3) is 15.9 Å². The molecule has 0 aliphatic carbocycles. The number of halogens is 1. The molecule has 47 heavy (non-hydrogen) atoms. The number of rotatable bonds is 12. The van der Waals surface area contributed by atoms with Crippen molar-refractivity contribution in [3.05, 3.63) is 101 Å². The SMILES string of the molecule is COCCN(C)Cc1ccc(OC)c(C2(N3CCC[C@H]3c3ncco3)C(=O)N(S(=O)(=O)c3ccc(OC)cc3)c3cc(Cl)ccc32)c1. The largest absolute Gasteiger partial charge is 0.497 e. The van der Waals surface area contributed by atoms with Crippen LogP contribution in [0.4, 0.5) is 5.69 Å².